The van der Waals surface area contributed by atoms with Gasteiger partial charge in [-0.25, -0.2) is 4.98 Å². The van der Waals surface area contributed by atoms with Crippen molar-refractivity contribution < 1.29 is 4.79 Å². The van der Waals surface area contributed by atoms with Gasteiger partial charge in [0.25, 0.3) is 0 Å². The first-order valence-electron chi connectivity index (χ1n) is 7.53. The Bertz CT molecular complexity index is 782. The van der Waals surface area contributed by atoms with Crippen molar-refractivity contribution in [2.75, 3.05) is 5.32 Å². The lowest BCUT2D eigenvalue weighted by Crippen LogP contribution is -2.10. The highest BCUT2D eigenvalue weighted by Gasteiger charge is 2.08. The molecule has 0 bridgehead atoms. The van der Waals surface area contributed by atoms with Gasteiger partial charge in [0, 0.05) is 29.2 Å². The van der Waals surface area contributed by atoms with Crippen molar-refractivity contribution in [1.82, 2.24) is 9.97 Å². The second-order valence-electron chi connectivity index (χ2n) is 5.13. The van der Waals surface area contributed by atoms with Gasteiger partial charge in [-0.2, -0.15) is 0 Å². The predicted molar refractivity (Wildman–Crippen MR) is 94.3 cm³/mol. The number of anilines is 1. The minimum absolute atomic E-state index is 0.0475. The summed E-state index contributed by atoms with van der Waals surface area (Å²) >= 11 is 1.58. The van der Waals surface area contributed by atoms with Crippen molar-refractivity contribution in [3.05, 3.63) is 54.0 Å². The van der Waals surface area contributed by atoms with Gasteiger partial charge >= 0.3 is 0 Å². The molecule has 0 unspecified atom stereocenters. The number of benzene rings is 1. The van der Waals surface area contributed by atoms with Crippen molar-refractivity contribution in [1.29, 1.82) is 0 Å². The molecule has 1 aromatic carbocycles. The summed E-state index contributed by atoms with van der Waals surface area (Å²) < 4.78 is 0. The molecule has 23 heavy (non-hydrogen) atoms. The van der Waals surface area contributed by atoms with Crippen LogP contribution in [0.25, 0.3) is 22.0 Å². The zero-order valence-electron chi connectivity index (χ0n) is 12.8. The van der Waals surface area contributed by atoms with E-state index in [0.29, 0.717) is 6.42 Å². The summed E-state index contributed by atoms with van der Waals surface area (Å²) in [7, 11) is 0. The van der Waals surface area contributed by atoms with Crippen LogP contribution in [0.5, 0.6) is 0 Å². The summed E-state index contributed by atoms with van der Waals surface area (Å²) in [6, 6.07) is 13.6. The minimum Gasteiger partial charge on any atom is -0.326 e. The minimum atomic E-state index is 0.0475. The van der Waals surface area contributed by atoms with Crippen LogP contribution in [0.15, 0.2) is 54.0 Å². The summed E-state index contributed by atoms with van der Waals surface area (Å²) in [6.07, 6.45) is 3.16. The molecule has 0 aliphatic heterocycles. The van der Waals surface area contributed by atoms with E-state index >= 15 is 0 Å². The molecule has 3 aromatic rings. The SMILES string of the molecule is CCCC(=O)Nc1ccc(-c2csc(-c3ccccn3)n2)cc1. The van der Waals surface area contributed by atoms with Gasteiger partial charge < -0.3 is 5.32 Å². The fourth-order valence-electron chi connectivity index (χ4n) is 2.19. The second-order valence-corrected chi connectivity index (χ2v) is 5.99. The van der Waals surface area contributed by atoms with E-state index in [4.69, 9.17) is 0 Å². The largest absolute Gasteiger partial charge is 0.326 e. The highest BCUT2D eigenvalue weighted by molar-refractivity contribution is 7.13. The molecule has 0 spiro atoms. The average molecular weight is 323 g/mol. The van der Waals surface area contributed by atoms with Crippen LogP contribution < -0.4 is 5.32 Å². The van der Waals surface area contributed by atoms with E-state index in [1.165, 1.54) is 0 Å². The summed E-state index contributed by atoms with van der Waals surface area (Å²) in [6.45, 7) is 1.99. The molecule has 5 heteroatoms. The first-order chi connectivity index (χ1) is 11.3. The van der Waals surface area contributed by atoms with Crippen LogP contribution in [0.1, 0.15) is 19.8 Å². The molecule has 1 amide bonds. The maximum atomic E-state index is 11.6. The molecule has 0 saturated carbocycles. The Labute approximate surface area is 139 Å². The molecule has 1 N–H and O–H groups in total. The van der Waals surface area contributed by atoms with Crippen molar-refractivity contribution in [3.63, 3.8) is 0 Å². The van der Waals surface area contributed by atoms with Crippen LogP contribution in [-0.2, 0) is 4.79 Å². The van der Waals surface area contributed by atoms with Gasteiger partial charge in [-0.1, -0.05) is 25.1 Å². The van der Waals surface area contributed by atoms with Crippen LogP contribution in [-0.4, -0.2) is 15.9 Å². The Balaban J connectivity index is 1.75. The maximum Gasteiger partial charge on any atom is 0.224 e. The number of rotatable bonds is 5. The lowest BCUT2D eigenvalue weighted by Gasteiger charge is -2.05. The van der Waals surface area contributed by atoms with Gasteiger partial charge in [0.2, 0.25) is 5.91 Å². The predicted octanol–water partition coefficient (Wildman–Crippen LogP) is 4.61. The number of hydrogen-bond donors (Lipinski definition) is 1. The number of nitrogens with one attached hydrogen (secondary N) is 1. The number of carbonyl (C=O) groups is 1. The van der Waals surface area contributed by atoms with Gasteiger partial charge in [-0.05, 0) is 30.7 Å². The molecule has 2 aromatic heterocycles. The Morgan fingerprint density at radius 1 is 1.13 bits per heavy atom. The number of pyridine rings is 1. The highest BCUT2D eigenvalue weighted by atomic mass is 32.1. The number of nitrogens with zero attached hydrogens (tertiary/aromatic N) is 2. The molecule has 2 heterocycles. The van der Waals surface area contributed by atoms with Crippen LogP contribution in [0.2, 0.25) is 0 Å². The first kappa shape index (κ1) is 15.4. The Kier molecular flexibility index (Phi) is 4.78. The third kappa shape index (κ3) is 3.81. The van der Waals surface area contributed by atoms with E-state index in [1.54, 1.807) is 17.5 Å². The topological polar surface area (TPSA) is 54.9 Å². The van der Waals surface area contributed by atoms with Crippen LogP contribution in [0.3, 0.4) is 0 Å². The molecule has 0 saturated heterocycles. The van der Waals surface area contributed by atoms with Crippen molar-refractivity contribution in [2.45, 2.75) is 19.8 Å². The van der Waals surface area contributed by atoms with E-state index in [2.05, 4.69) is 15.3 Å². The van der Waals surface area contributed by atoms with Gasteiger partial charge in [0.05, 0.1) is 11.4 Å². The lowest BCUT2D eigenvalue weighted by molar-refractivity contribution is -0.116. The van der Waals surface area contributed by atoms with E-state index in [9.17, 15) is 4.79 Å². The van der Waals surface area contributed by atoms with Gasteiger partial charge in [-0.15, -0.1) is 11.3 Å². The molecule has 4 nitrogen and oxygen atoms in total. The van der Waals surface area contributed by atoms with E-state index in [0.717, 1.165) is 34.1 Å². The standard InChI is InChI=1S/C18H17N3OS/c1-2-5-17(22)20-14-9-7-13(8-10-14)16-12-23-18(21-16)15-6-3-4-11-19-15/h3-4,6-12H,2,5H2,1H3,(H,20,22). The molecule has 116 valence electrons. The van der Waals surface area contributed by atoms with Crippen molar-refractivity contribution >= 4 is 22.9 Å². The third-order valence-corrected chi connectivity index (χ3v) is 4.19. The summed E-state index contributed by atoms with van der Waals surface area (Å²) in [5.74, 6) is 0.0475. The van der Waals surface area contributed by atoms with Crippen LogP contribution in [0, 0.1) is 0 Å². The van der Waals surface area contributed by atoms with Crippen molar-refractivity contribution in [3.8, 4) is 22.0 Å². The van der Waals surface area contributed by atoms with E-state index in [-0.39, 0.29) is 5.91 Å². The highest BCUT2D eigenvalue weighted by Crippen LogP contribution is 2.28. The fourth-order valence-corrected chi connectivity index (χ4v) is 2.99. The summed E-state index contributed by atoms with van der Waals surface area (Å²) in [5, 5.41) is 5.81. The van der Waals surface area contributed by atoms with Crippen LogP contribution in [0.4, 0.5) is 5.69 Å². The zero-order chi connectivity index (χ0) is 16.1. The maximum absolute atomic E-state index is 11.6. The van der Waals surface area contributed by atoms with Crippen LogP contribution >= 0.6 is 11.3 Å². The number of carbonyl (C=O) groups excluding carboxylic acids is 1. The zero-order valence-corrected chi connectivity index (χ0v) is 13.6. The van der Waals surface area contributed by atoms with Crippen molar-refractivity contribution in [2.24, 2.45) is 0 Å². The van der Waals surface area contributed by atoms with Gasteiger partial charge in [-0.3, -0.25) is 9.78 Å². The Hall–Kier alpha value is -2.53. The smallest absolute Gasteiger partial charge is 0.224 e. The molecule has 0 radical (unpaired) electrons. The molecule has 3 rings (SSSR count). The lowest BCUT2D eigenvalue weighted by atomic mass is 10.1. The molecule has 0 atom stereocenters. The molecule has 0 fully saturated rings. The fraction of sp³-hybridized carbons (Fsp3) is 0.167. The van der Waals surface area contributed by atoms with Gasteiger partial charge in [0.15, 0.2) is 0 Å². The number of amides is 1. The number of thiazole rings is 1. The monoisotopic (exact) mass is 323 g/mol. The molecule has 0 aliphatic carbocycles. The molecular formula is C18H17N3OS. The van der Waals surface area contributed by atoms with E-state index in [1.807, 2.05) is 54.8 Å². The summed E-state index contributed by atoms with van der Waals surface area (Å²) in [5.41, 5.74) is 3.64. The Morgan fingerprint density at radius 2 is 1.96 bits per heavy atom. The Morgan fingerprint density at radius 3 is 2.65 bits per heavy atom. The van der Waals surface area contributed by atoms with Gasteiger partial charge in [0.1, 0.15) is 5.01 Å². The third-order valence-electron chi connectivity index (χ3n) is 3.33. The average Bonchev–Trinajstić information content (AvgIpc) is 3.07. The molecular weight excluding hydrogens is 306 g/mol. The van der Waals surface area contributed by atoms with E-state index < -0.39 is 0 Å². The first-order valence-corrected chi connectivity index (χ1v) is 8.41. The number of hydrogen-bond acceptors (Lipinski definition) is 4. The normalized spacial score (nSPS) is 10.5. The summed E-state index contributed by atoms with van der Waals surface area (Å²) in [4.78, 5) is 20.6. The second kappa shape index (κ2) is 7.15. The molecule has 0 aliphatic rings. The number of aromatic nitrogens is 2. The quantitative estimate of drug-likeness (QED) is 0.746.